The Morgan fingerprint density at radius 2 is 2.18 bits per heavy atom. The number of hydrogen-bond donors (Lipinski definition) is 2. The van der Waals surface area contributed by atoms with Crippen molar-refractivity contribution in [1.82, 2.24) is 10.6 Å². The molecule has 0 spiro atoms. The van der Waals surface area contributed by atoms with Gasteiger partial charge in [-0.1, -0.05) is 18.2 Å². The monoisotopic (exact) mass is 233 g/mol. The molecule has 0 radical (unpaired) electrons. The fourth-order valence-corrected chi connectivity index (χ4v) is 2.26. The van der Waals surface area contributed by atoms with Crippen LogP contribution in [-0.2, 0) is 0 Å². The van der Waals surface area contributed by atoms with Crippen LogP contribution in [-0.4, -0.2) is 39.3 Å². The van der Waals surface area contributed by atoms with Gasteiger partial charge in [-0.25, -0.2) is 0 Å². The van der Waals surface area contributed by atoms with E-state index in [4.69, 9.17) is 0 Å². The van der Waals surface area contributed by atoms with E-state index in [2.05, 4.69) is 52.9 Å². The van der Waals surface area contributed by atoms with Crippen molar-refractivity contribution in [3.8, 4) is 0 Å². The van der Waals surface area contributed by atoms with Gasteiger partial charge in [0, 0.05) is 31.9 Å². The van der Waals surface area contributed by atoms with Crippen molar-refractivity contribution < 1.29 is 0 Å². The smallest absolute Gasteiger partial charge is 0.0363 e. The standard InChI is InChI=1S/C14H23N3/c1-17(14-6-3-2-4-7-14)11-5-9-16-13-8-10-15-12-13/h2-4,6-7,13,15-16H,5,8-12H2,1H3. The molecule has 0 bridgehead atoms. The third-order valence-electron chi connectivity index (χ3n) is 3.36. The van der Waals surface area contributed by atoms with E-state index >= 15 is 0 Å². The van der Waals surface area contributed by atoms with E-state index in [1.165, 1.54) is 25.1 Å². The molecule has 3 nitrogen and oxygen atoms in total. The van der Waals surface area contributed by atoms with Crippen molar-refractivity contribution in [2.75, 3.05) is 38.1 Å². The number of para-hydroxylation sites is 1. The van der Waals surface area contributed by atoms with Crippen LogP contribution in [0.25, 0.3) is 0 Å². The minimum Gasteiger partial charge on any atom is -0.375 e. The number of anilines is 1. The van der Waals surface area contributed by atoms with E-state index in [9.17, 15) is 0 Å². The molecular weight excluding hydrogens is 210 g/mol. The molecule has 1 aliphatic heterocycles. The maximum atomic E-state index is 3.60. The number of hydrogen-bond acceptors (Lipinski definition) is 3. The first-order chi connectivity index (χ1) is 8.36. The van der Waals surface area contributed by atoms with Gasteiger partial charge in [-0.3, -0.25) is 0 Å². The van der Waals surface area contributed by atoms with Crippen molar-refractivity contribution in [1.29, 1.82) is 0 Å². The zero-order valence-corrected chi connectivity index (χ0v) is 10.7. The van der Waals surface area contributed by atoms with Crippen molar-refractivity contribution in [3.05, 3.63) is 30.3 Å². The topological polar surface area (TPSA) is 27.3 Å². The van der Waals surface area contributed by atoms with Crippen LogP contribution in [0.5, 0.6) is 0 Å². The van der Waals surface area contributed by atoms with E-state index in [0.717, 1.165) is 19.6 Å². The second-order valence-electron chi connectivity index (χ2n) is 4.75. The molecule has 2 rings (SSSR count). The Hall–Kier alpha value is -1.06. The van der Waals surface area contributed by atoms with Gasteiger partial charge in [0.15, 0.2) is 0 Å². The highest BCUT2D eigenvalue weighted by atomic mass is 15.1. The van der Waals surface area contributed by atoms with Crippen LogP contribution in [0.3, 0.4) is 0 Å². The predicted molar refractivity (Wildman–Crippen MR) is 73.6 cm³/mol. The van der Waals surface area contributed by atoms with E-state index < -0.39 is 0 Å². The molecule has 1 aromatic carbocycles. The Labute approximate surface area is 104 Å². The lowest BCUT2D eigenvalue weighted by Gasteiger charge is -2.20. The van der Waals surface area contributed by atoms with Crippen molar-refractivity contribution in [2.24, 2.45) is 0 Å². The fourth-order valence-electron chi connectivity index (χ4n) is 2.26. The first-order valence-electron chi connectivity index (χ1n) is 6.56. The molecule has 1 unspecified atom stereocenters. The molecule has 1 fully saturated rings. The van der Waals surface area contributed by atoms with E-state index in [0.29, 0.717) is 6.04 Å². The quantitative estimate of drug-likeness (QED) is 0.729. The molecule has 1 saturated heterocycles. The largest absolute Gasteiger partial charge is 0.375 e. The number of benzene rings is 1. The Morgan fingerprint density at radius 1 is 1.35 bits per heavy atom. The molecule has 2 N–H and O–H groups in total. The summed E-state index contributed by atoms with van der Waals surface area (Å²) in [7, 11) is 2.16. The van der Waals surface area contributed by atoms with Gasteiger partial charge < -0.3 is 15.5 Å². The van der Waals surface area contributed by atoms with Crippen LogP contribution in [0.15, 0.2) is 30.3 Å². The highest BCUT2D eigenvalue weighted by Gasteiger charge is 2.12. The summed E-state index contributed by atoms with van der Waals surface area (Å²) in [5, 5.41) is 6.97. The summed E-state index contributed by atoms with van der Waals surface area (Å²) in [6.45, 7) is 4.52. The average Bonchev–Trinajstić information content (AvgIpc) is 2.88. The Morgan fingerprint density at radius 3 is 2.88 bits per heavy atom. The Kier molecular flexibility index (Phi) is 4.83. The first kappa shape index (κ1) is 12.4. The molecule has 17 heavy (non-hydrogen) atoms. The van der Waals surface area contributed by atoms with Gasteiger partial charge in [0.1, 0.15) is 0 Å². The summed E-state index contributed by atoms with van der Waals surface area (Å²) < 4.78 is 0. The van der Waals surface area contributed by atoms with Gasteiger partial charge >= 0.3 is 0 Å². The molecule has 1 aliphatic rings. The summed E-state index contributed by atoms with van der Waals surface area (Å²) in [4.78, 5) is 2.31. The van der Waals surface area contributed by atoms with Gasteiger partial charge in [0.25, 0.3) is 0 Å². The number of nitrogens with one attached hydrogen (secondary N) is 2. The van der Waals surface area contributed by atoms with Crippen LogP contribution in [0.1, 0.15) is 12.8 Å². The summed E-state index contributed by atoms with van der Waals surface area (Å²) in [5.74, 6) is 0. The highest BCUT2D eigenvalue weighted by Crippen LogP contribution is 2.10. The van der Waals surface area contributed by atoms with Crippen LogP contribution in [0.2, 0.25) is 0 Å². The molecule has 0 aliphatic carbocycles. The van der Waals surface area contributed by atoms with Crippen LogP contribution >= 0.6 is 0 Å². The van der Waals surface area contributed by atoms with Gasteiger partial charge in [-0.05, 0) is 38.1 Å². The van der Waals surface area contributed by atoms with Gasteiger partial charge in [0.05, 0.1) is 0 Å². The zero-order valence-electron chi connectivity index (χ0n) is 10.7. The first-order valence-corrected chi connectivity index (χ1v) is 6.56. The Bertz CT molecular complexity index is 307. The average molecular weight is 233 g/mol. The van der Waals surface area contributed by atoms with Gasteiger partial charge in [0.2, 0.25) is 0 Å². The molecule has 3 heteroatoms. The predicted octanol–water partition coefficient (Wildman–Crippen LogP) is 1.46. The van der Waals surface area contributed by atoms with Gasteiger partial charge in [-0.15, -0.1) is 0 Å². The zero-order chi connectivity index (χ0) is 11.9. The molecular formula is C14H23N3. The van der Waals surface area contributed by atoms with Crippen LogP contribution in [0, 0.1) is 0 Å². The highest BCUT2D eigenvalue weighted by molar-refractivity contribution is 5.44. The van der Waals surface area contributed by atoms with E-state index in [1.807, 2.05) is 0 Å². The lowest BCUT2D eigenvalue weighted by atomic mass is 10.2. The Balaban J connectivity index is 1.61. The third-order valence-corrected chi connectivity index (χ3v) is 3.36. The summed E-state index contributed by atoms with van der Waals surface area (Å²) in [5.41, 5.74) is 1.30. The third kappa shape index (κ3) is 4.02. The molecule has 1 aromatic rings. The van der Waals surface area contributed by atoms with Crippen LogP contribution in [0.4, 0.5) is 5.69 Å². The maximum Gasteiger partial charge on any atom is 0.0363 e. The molecule has 0 amide bonds. The lowest BCUT2D eigenvalue weighted by Crippen LogP contribution is -2.33. The van der Waals surface area contributed by atoms with Gasteiger partial charge in [-0.2, -0.15) is 0 Å². The van der Waals surface area contributed by atoms with Crippen molar-refractivity contribution >= 4 is 5.69 Å². The summed E-state index contributed by atoms with van der Waals surface area (Å²) >= 11 is 0. The summed E-state index contributed by atoms with van der Waals surface area (Å²) in [6, 6.07) is 11.3. The van der Waals surface area contributed by atoms with Crippen LogP contribution < -0.4 is 15.5 Å². The normalized spacial score (nSPS) is 19.5. The fraction of sp³-hybridized carbons (Fsp3) is 0.571. The molecule has 0 aromatic heterocycles. The van der Waals surface area contributed by atoms with E-state index in [-0.39, 0.29) is 0 Å². The molecule has 0 saturated carbocycles. The van der Waals surface area contributed by atoms with E-state index in [1.54, 1.807) is 0 Å². The molecule has 1 heterocycles. The maximum absolute atomic E-state index is 3.60. The molecule has 94 valence electrons. The minimum absolute atomic E-state index is 0.692. The second kappa shape index (κ2) is 6.62. The SMILES string of the molecule is CN(CCCNC1CCNC1)c1ccccc1. The van der Waals surface area contributed by atoms with Crippen molar-refractivity contribution in [2.45, 2.75) is 18.9 Å². The minimum atomic E-state index is 0.692. The molecule has 1 atom stereocenters. The van der Waals surface area contributed by atoms with Crippen molar-refractivity contribution in [3.63, 3.8) is 0 Å². The number of nitrogens with zero attached hydrogens (tertiary/aromatic N) is 1. The lowest BCUT2D eigenvalue weighted by molar-refractivity contribution is 0.536. The summed E-state index contributed by atoms with van der Waals surface area (Å²) in [6.07, 6.45) is 2.47. The second-order valence-corrected chi connectivity index (χ2v) is 4.75. The number of rotatable bonds is 6.